The molecule has 1 aromatic heterocycles. The molecule has 2 aromatic carbocycles. The maximum atomic E-state index is 11.8. The number of anilines is 1. The van der Waals surface area contributed by atoms with Gasteiger partial charge in [-0.3, -0.25) is 9.48 Å². The molecule has 0 spiro atoms. The maximum absolute atomic E-state index is 11.8. The smallest absolute Gasteiger partial charge is 0.207 e. The van der Waals surface area contributed by atoms with Crippen LogP contribution in [0, 0.1) is 0 Å². The average molecular weight is 279 g/mol. The lowest BCUT2D eigenvalue weighted by Crippen LogP contribution is -2.12. The number of benzene rings is 2. The molecule has 0 radical (unpaired) electrons. The Morgan fingerprint density at radius 3 is 2.62 bits per heavy atom. The summed E-state index contributed by atoms with van der Waals surface area (Å²) in [4.78, 5) is 11.8. The fourth-order valence-electron chi connectivity index (χ4n) is 2.46. The third-order valence-electron chi connectivity index (χ3n) is 3.58. The number of nitrogens with zero attached hydrogens (tertiary/aromatic N) is 2. The minimum Gasteiger partial charge on any atom is -0.399 e. The molecule has 0 aliphatic carbocycles. The van der Waals surface area contributed by atoms with E-state index >= 15 is 0 Å². The van der Waals surface area contributed by atoms with Crippen LogP contribution in [-0.4, -0.2) is 9.78 Å². The highest BCUT2D eigenvalue weighted by molar-refractivity contribution is 5.77. The summed E-state index contributed by atoms with van der Waals surface area (Å²) in [7, 11) is 0. The van der Waals surface area contributed by atoms with Gasteiger partial charge in [-0.25, -0.2) is 0 Å². The first kappa shape index (κ1) is 13.4. The lowest BCUT2D eigenvalue weighted by atomic mass is 10.1. The number of rotatable bonds is 4. The van der Waals surface area contributed by atoms with Crippen LogP contribution in [0.25, 0.3) is 10.9 Å². The van der Waals surface area contributed by atoms with Crippen molar-refractivity contribution in [2.45, 2.75) is 19.4 Å². The first-order valence-corrected chi connectivity index (χ1v) is 7.03. The van der Waals surface area contributed by atoms with Crippen LogP contribution in [-0.2, 0) is 13.0 Å². The van der Waals surface area contributed by atoms with Crippen LogP contribution in [0.1, 0.15) is 12.0 Å². The number of fused-ring (bicyclic) bond motifs is 1. The molecule has 0 fully saturated rings. The standard InChI is InChI=1S/C17H17N3O/c18-14-9-7-13(8-10-14)4-3-11-20-16-6-2-1-5-15(16)17(21)12-19-20/h1-2,5-10,12H,3-4,11,18H2. The molecule has 0 aliphatic rings. The summed E-state index contributed by atoms with van der Waals surface area (Å²) in [5.41, 5.74) is 8.59. The van der Waals surface area contributed by atoms with Gasteiger partial charge in [0.25, 0.3) is 0 Å². The molecule has 0 saturated carbocycles. The van der Waals surface area contributed by atoms with Crippen LogP contribution in [0.4, 0.5) is 5.69 Å². The number of para-hydroxylation sites is 1. The SMILES string of the molecule is Nc1ccc(CCCn2ncc(=O)c3ccccc32)cc1. The Kier molecular flexibility index (Phi) is 3.69. The third kappa shape index (κ3) is 2.94. The Balaban J connectivity index is 1.75. The first-order valence-electron chi connectivity index (χ1n) is 7.03. The van der Waals surface area contributed by atoms with Crippen molar-refractivity contribution in [3.63, 3.8) is 0 Å². The highest BCUT2D eigenvalue weighted by Crippen LogP contribution is 2.11. The van der Waals surface area contributed by atoms with Gasteiger partial charge in [0.2, 0.25) is 5.43 Å². The van der Waals surface area contributed by atoms with Crippen molar-refractivity contribution < 1.29 is 0 Å². The van der Waals surface area contributed by atoms with Crippen molar-refractivity contribution in [3.05, 3.63) is 70.5 Å². The van der Waals surface area contributed by atoms with Crippen LogP contribution >= 0.6 is 0 Å². The highest BCUT2D eigenvalue weighted by Gasteiger charge is 2.03. The topological polar surface area (TPSA) is 60.9 Å². The van der Waals surface area contributed by atoms with Crippen molar-refractivity contribution in [1.29, 1.82) is 0 Å². The van der Waals surface area contributed by atoms with E-state index in [2.05, 4.69) is 5.10 Å². The van der Waals surface area contributed by atoms with E-state index in [0.717, 1.165) is 36.0 Å². The van der Waals surface area contributed by atoms with Crippen molar-refractivity contribution in [2.24, 2.45) is 0 Å². The van der Waals surface area contributed by atoms with Crippen molar-refractivity contribution in [2.75, 3.05) is 5.73 Å². The number of hydrogen-bond acceptors (Lipinski definition) is 3. The van der Waals surface area contributed by atoms with E-state index in [0.29, 0.717) is 0 Å². The van der Waals surface area contributed by atoms with E-state index in [1.54, 1.807) is 0 Å². The Morgan fingerprint density at radius 2 is 1.81 bits per heavy atom. The van der Waals surface area contributed by atoms with Crippen molar-refractivity contribution >= 4 is 16.6 Å². The quantitative estimate of drug-likeness (QED) is 0.747. The number of nitrogen functional groups attached to an aromatic ring is 1. The molecular weight excluding hydrogens is 262 g/mol. The summed E-state index contributed by atoms with van der Waals surface area (Å²) in [5, 5.41) is 4.96. The number of aromatic nitrogens is 2. The molecule has 0 unspecified atom stereocenters. The number of aryl methyl sites for hydroxylation is 2. The minimum absolute atomic E-state index is 0.0274. The van der Waals surface area contributed by atoms with Gasteiger partial charge in [-0.15, -0.1) is 0 Å². The molecule has 0 bridgehead atoms. The van der Waals surface area contributed by atoms with E-state index in [1.807, 2.05) is 53.2 Å². The normalized spacial score (nSPS) is 10.9. The zero-order chi connectivity index (χ0) is 14.7. The molecule has 0 saturated heterocycles. The molecule has 4 heteroatoms. The molecule has 0 aliphatic heterocycles. The lowest BCUT2D eigenvalue weighted by molar-refractivity contribution is 0.586. The Hall–Kier alpha value is -2.62. The molecule has 106 valence electrons. The lowest BCUT2D eigenvalue weighted by Gasteiger charge is -2.09. The Bertz CT molecular complexity index is 806. The van der Waals surface area contributed by atoms with Crippen LogP contribution < -0.4 is 11.2 Å². The highest BCUT2D eigenvalue weighted by atomic mass is 16.1. The molecule has 2 N–H and O–H groups in total. The zero-order valence-electron chi connectivity index (χ0n) is 11.7. The van der Waals surface area contributed by atoms with E-state index in [-0.39, 0.29) is 5.43 Å². The number of nitrogens with two attached hydrogens (primary N) is 1. The van der Waals surface area contributed by atoms with Crippen LogP contribution in [0.15, 0.2) is 59.5 Å². The van der Waals surface area contributed by atoms with Gasteiger partial charge in [-0.2, -0.15) is 5.10 Å². The van der Waals surface area contributed by atoms with Crippen molar-refractivity contribution in [3.8, 4) is 0 Å². The summed E-state index contributed by atoms with van der Waals surface area (Å²) in [6, 6.07) is 15.5. The minimum atomic E-state index is -0.0274. The van der Waals surface area contributed by atoms with E-state index < -0.39 is 0 Å². The van der Waals surface area contributed by atoms with E-state index in [1.165, 1.54) is 11.8 Å². The second-order valence-electron chi connectivity index (χ2n) is 5.09. The van der Waals surface area contributed by atoms with Crippen LogP contribution in [0.5, 0.6) is 0 Å². The van der Waals surface area contributed by atoms with E-state index in [4.69, 9.17) is 5.73 Å². The van der Waals surface area contributed by atoms with Crippen LogP contribution in [0.3, 0.4) is 0 Å². The van der Waals surface area contributed by atoms with Gasteiger partial charge in [0.05, 0.1) is 11.7 Å². The van der Waals surface area contributed by atoms with E-state index in [9.17, 15) is 4.79 Å². The summed E-state index contributed by atoms with van der Waals surface area (Å²) in [6.07, 6.45) is 3.32. The van der Waals surface area contributed by atoms with Gasteiger partial charge in [0.1, 0.15) is 0 Å². The number of hydrogen-bond donors (Lipinski definition) is 1. The van der Waals surface area contributed by atoms with Gasteiger partial charge in [0, 0.05) is 17.6 Å². The van der Waals surface area contributed by atoms with Gasteiger partial charge in [-0.05, 0) is 42.7 Å². The second-order valence-corrected chi connectivity index (χ2v) is 5.09. The first-order chi connectivity index (χ1) is 10.2. The Labute approximate surface area is 122 Å². The summed E-state index contributed by atoms with van der Waals surface area (Å²) in [6.45, 7) is 0.783. The van der Waals surface area contributed by atoms with Crippen LogP contribution in [0.2, 0.25) is 0 Å². The largest absolute Gasteiger partial charge is 0.399 e. The molecule has 1 heterocycles. The molecular formula is C17H17N3O. The van der Waals surface area contributed by atoms with Crippen molar-refractivity contribution in [1.82, 2.24) is 9.78 Å². The maximum Gasteiger partial charge on any atom is 0.207 e. The zero-order valence-corrected chi connectivity index (χ0v) is 11.7. The molecule has 3 rings (SSSR count). The molecule has 3 aromatic rings. The second kappa shape index (κ2) is 5.79. The average Bonchev–Trinajstić information content (AvgIpc) is 2.52. The van der Waals surface area contributed by atoms with Gasteiger partial charge in [0.15, 0.2) is 0 Å². The van der Waals surface area contributed by atoms with Gasteiger partial charge >= 0.3 is 0 Å². The summed E-state index contributed by atoms with van der Waals surface area (Å²) >= 11 is 0. The molecule has 21 heavy (non-hydrogen) atoms. The summed E-state index contributed by atoms with van der Waals surface area (Å²) < 4.78 is 1.90. The van der Waals surface area contributed by atoms with Gasteiger partial charge in [-0.1, -0.05) is 24.3 Å². The molecule has 0 amide bonds. The summed E-state index contributed by atoms with van der Waals surface area (Å²) in [5.74, 6) is 0. The predicted octanol–water partition coefficient (Wildman–Crippen LogP) is 2.61. The molecule has 0 atom stereocenters. The molecule has 4 nitrogen and oxygen atoms in total. The third-order valence-corrected chi connectivity index (χ3v) is 3.58. The fourth-order valence-corrected chi connectivity index (χ4v) is 2.46. The Morgan fingerprint density at radius 1 is 1.05 bits per heavy atom. The fraction of sp³-hybridized carbons (Fsp3) is 0.176. The van der Waals surface area contributed by atoms with Gasteiger partial charge < -0.3 is 5.73 Å². The predicted molar refractivity (Wildman–Crippen MR) is 85.2 cm³/mol. The monoisotopic (exact) mass is 279 g/mol.